The van der Waals surface area contributed by atoms with Crippen molar-refractivity contribution in [3.05, 3.63) is 0 Å². The maximum atomic E-state index is 10.6. The van der Waals surface area contributed by atoms with Crippen molar-refractivity contribution in [2.45, 2.75) is 20.8 Å². The van der Waals surface area contributed by atoms with E-state index in [1.165, 1.54) is 0 Å². The molecule has 78 valence electrons. The molecule has 0 spiro atoms. The van der Waals surface area contributed by atoms with E-state index in [1.807, 2.05) is 20.8 Å². The van der Waals surface area contributed by atoms with Gasteiger partial charge in [0.25, 0.3) is 10.1 Å². The van der Waals surface area contributed by atoms with Crippen molar-refractivity contribution < 1.29 is 12.6 Å². The highest BCUT2D eigenvalue weighted by Gasteiger charge is 2.14. The summed E-state index contributed by atoms with van der Waals surface area (Å²) in [5, 5.41) is 7.52. The van der Waals surface area contributed by atoms with Crippen LogP contribution >= 0.6 is 0 Å². The van der Waals surface area contributed by atoms with Crippen molar-refractivity contribution in [1.29, 1.82) is 5.41 Å². The van der Waals surface area contributed by atoms with Crippen molar-refractivity contribution in [3.8, 4) is 0 Å². The molecule has 0 aromatic rings. The summed E-state index contributed by atoms with van der Waals surface area (Å²) in [7, 11) is -3.42. The maximum Gasteiger partial charge on any atom is 0.264 e. The highest BCUT2D eigenvalue weighted by atomic mass is 32.2. The van der Waals surface area contributed by atoms with E-state index in [1.54, 1.807) is 0 Å². The normalized spacial score (nSPS) is 14.5. The zero-order chi connectivity index (χ0) is 10.6. The zero-order valence-corrected chi connectivity index (χ0v) is 9.31. The van der Waals surface area contributed by atoms with Crippen LogP contribution in [0.5, 0.6) is 0 Å². The van der Waals surface area contributed by atoms with Crippen LogP contribution in [0.4, 0.5) is 0 Å². The van der Waals surface area contributed by atoms with Crippen molar-refractivity contribution >= 4 is 15.8 Å². The molecule has 5 heteroatoms. The standard InChI is InChI=1S/C8H17NO3S/c1-6(2)7(3)8(9)5-12-13(4,10)11/h6-7,9H,5H2,1-4H3. The van der Waals surface area contributed by atoms with Gasteiger partial charge in [0.05, 0.1) is 6.26 Å². The van der Waals surface area contributed by atoms with E-state index in [2.05, 4.69) is 4.18 Å². The van der Waals surface area contributed by atoms with Crippen LogP contribution in [0.3, 0.4) is 0 Å². The summed E-state index contributed by atoms with van der Waals surface area (Å²) in [4.78, 5) is 0. The van der Waals surface area contributed by atoms with Crippen LogP contribution in [-0.2, 0) is 14.3 Å². The second kappa shape index (κ2) is 4.72. The van der Waals surface area contributed by atoms with Gasteiger partial charge >= 0.3 is 0 Å². The fraction of sp³-hybridized carbons (Fsp3) is 0.875. The lowest BCUT2D eigenvalue weighted by molar-refractivity contribution is 0.360. The van der Waals surface area contributed by atoms with Crippen LogP contribution < -0.4 is 0 Å². The molecule has 4 nitrogen and oxygen atoms in total. The second-order valence-electron chi connectivity index (χ2n) is 3.52. The zero-order valence-electron chi connectivity index (χ0n) is 8.49. The molecule has 0 saturated carbocycles. The third-order valence-electron chi connectivity index (χ3n) is 1.98. The monoisotopic (exact) mass is 207 g/mol. The van der Waals surface area contributed by atoms with E-state index in [9.17, 15) is 8.42 Å². The number of hydrogen-bond donors (Lipinski definition) is 1. The van der Waals surface area contributed by atoms with Crippen molar-refractivity contribution in [2.24, 2.45) is 11.8 Å². The Hall–Kier alpha value is -0.420. The van der Waals surface area contributed by atoms with Gasteiger partial charge in [0.2, 0.25) is 0 Å². The van der Waals surface area contributed by atoms with Gasteiger partial charge in [-0.2, -0.15) is 8.42 Å². The van der Waals surface area contributed by atoms with Gasteiger partial charge in [-0.1, -0.05) is 20.8 Å². The van der Waals surface area contributed by atoms with Crippen molar-refractivity contribution in [1.82, 2.24) is 0 Å². The lowest BCUT2D eigenvalue weighted by atomic mass is 9.93. The minimum absolute atomic E-state index is 0.0572. The summed E-state index contributed by atoms with van der Waals surface area (Å²) >= 11 is 0. The average Bonchev–Trinajstić information content (AvgIpc) is 1.97. The van der Waals surface area contributed by atoms with Crippen LogP contribution in [0.25, 0.3) is 0 Å². The summed E-state index contributed by atoms with van der Waals surface area (Å²) < 4.78 is 25.7. The lowest BCUT2D eigenvalue weighted by Gasteiger charge is -2.15. The summed E-state index contributed by atoms with van der Waals surface area (Å²) in [6, 6.07) is 0. The molecule has 1 unspecified atom stereocenters. The van der Waals surface area contributed by atoms with Crippen LogP contribution in [-0.4, -0.2) is 27.0 Å². The predicted molar refractivity (Wildman–Crippen MR) is 52.5 cm³/mol. The molecule has 0 heterocycles. The fourth-order valence-corrected chi connectivity index (χ4v) is 1.05. The topological polar surface area (TPSA) is 67.2 Å². The van der Waals surface area contributed by atoms with E-state index in [0.717, 1.165) is 6.26 Å². The Bertz CT molecular complexity index is 269. The molecule has 0 aromatic heterocycles. The highest BCUT2D eigenvalue weighted by Crippen LogP contribution is 2.11. The molecular weight excluding hydrogens is 190 g/mol. The van der Waals surface area contributed by atoms with E-state index < -0.39 is 10.1 Å². The average molecular weight is 207 g/mol. The minimum atomic E-state index is -3.42. The first-order valence-corrected chi connectivity index (χ1v) is 5.97. The van der Waals surface area contributed by atoms with Gasteiger partial charge in [0.15, 0.2) is 0 Å². The van der Waals surface area contributed by atoms with Crippen LogP contribution in [0.2, 0.25) is 0 Å². The number of rotatable bonds is 5. The molecule has 0 amide bonds. The fourth-order valence-electron chi connectivity index (χ4n) is 0.704. The van der Waals surface area contributed by atoms with Crippen molar-refractivity contribution in [3.63, 3.8) is 0 Å². The molecule has 0 saturated heterocycles. The molecule has 1 N–H and O–H groups in total. The Morgan fingerprint density at radius 1 is 1.38 bits per heavy atom. The Kier molecular flexibility index (Phi) is 4.56. The minimum Gasteiger partial charge on any atom is -0.307 e. The quantitative estimate of drug-likeness (QED) is 0.545. The first-order chi connectivity index (χ1) is 5.74. The molecule has 0 aliphatic carbocycles. The molecule has 0 aromatic carbocycles. The number of hydrogen-bond acceptors (Lipinski definition) is 4. The van der Waals surface area contributed by atoms with Crippen LogP contribution in [0, 0.1) is 17.2 Å². The molecular formula is C8H17NO3S. The van der Waals surface area contributed by atoms with Gasteiger partial charge in [-0.25, -0.2) is 0 Å². The predicted octanol–water partition coefficient (Wildman–Crippen LogP) is 1.27. The summed E-state index contributed by atoms with van der Waals surface area (Å²) in [6.45, 7) is 5.73. The smallest absolute Gasteiger partial charge is 0.264 e. The highest BCUT2D eigenvalue weighted by molar-refractivity contribution is 7.86. The van der Waals surface area contributed by atoms with E-state index >= 15 is 0 Å². The van der Waals surface area contributed by atoms with Gasteiger partial charge in [0, 0.05) is 5.71 Å². The van der Waals surface area contributed by atoms with Crippen LogP contribution in [0.15, 0.2) is 0 Å². The lowest BCUT2D eigenvalue weighted by Crippen LogP contribution is -2.22. The maximum absolute atomic E-state index is 10.6. The molecule has 1 atom stereocenters. The summed E-state index contributed by atoms with van der Waals surface area (Å²) in [5.41, 5.74) is 0.320. The Morgan fingerprint density at radius 2 is 1.85 bits per heavy atom. The Labute approximate surface area is 79.9 Å². The molecule has 0 aliphatic rings. The SMILES string of the molecule is CC(C)C(C)C(=N)COS(C)(=O)=O. The van der Waals surface area contributed by atoms with Gasteiger partial charge in [0.1, 0.15) is 6.61 Å². The third kappa shape index (κ3) is 5.76. The Morgan fingerprint density at radius 3 is 2.15 bits per heavy atom. The van der Waals surface area contributed by atoms with Gasteiger partial charge in [-0.15, -0.1) is 0 Å². The molecule has 0 fully saturated rings. The van der Waals surface area contributed by atoms with Gasteiger partial charge < -0.3 is 5.41 Å². The molecule has 0 radical (unpaired) electrons. The van der Waals surface area contributed by atoms with Crippen molar-refractivity contribution in [2.75, 3.05) is 12.9 Å². The van der Waals surface area contributed by atoms with Gasteiger partial charge in [-0.3, -0.25) is 4.18 Å². The van der Waals surface area contributed by atoms with E-state index in [4.69, 9.17) is 5.41 Å². The Balaban J connectivity index is 4.03. The van der Waals surface area contributed by atoms with E-state index in [-0.39, 0.29) is 12.5 Å². The summed E-state index contributed by atoms with van der Waals surface area (Å²) in [6.07, 6.45) is 0.986. The van der Waals surface area contributed by atoms with Gasteiger partial charge in [-0.05, 0) is 11.8 Å². The molecule has 0 aliphatic heterocycles. The largest absolute Gasteiger partial charge is 0.307 e. The molecule has 0 rings (SSSR count). The molecule has 0 bridgehead atoms. The number of nitrogens with one attached hydrogen (secondary N) is 1. The van der Waals surface area contributed by atoms with E-state index in [0.29, 0.717) is 11.6 Å². The van der Waals surface area contributed by atoms with Crippen LogP contribution in [0.1, 0.15) is 20.8 Å². The summed E-state index contributed by atoms with van der Waals surface area (Å²) in [5.74, 6) is 0.386. The second-order valence-corrected chi connectivity index (χ2v) is 5.17. The first kappa shape index (κ1) is 12.6. The first-order valence-electron chi connectivity index (χ1n) is 4.15. The molecule has 13 heavy (non-hydrogen) atoms. The third-order valence-corrected chi connectivity index (χ3v) is 2.52.